The van der Waals surface area contributed by atoms with Crippen LogP contribution in [0.4, 0.5) is 5.69 Å². The Labute approximate surface area is 136 Å². The lowest BCUT2D eigenvalue weighted by Crippen LogP contribution is -2.31. The highest BCUT2D eigenvalue weighted by atomic mass is 16.3. The van der Waals surface area contributed by atoms with E-state index in [9.17, 15) is 4.79 Å². The Kier molecular flexibility index (Phi) is 8.07. The monoisotopic (exact) mass is 319 g/mol. The van der Waals surface area contributed by atoms with Gasteiger partial charge in [-0.15, -0.1) is 0 Å². The second-order valence-electron chi connectivity index (χ2n) is 5.23. The number of hydrogen-bond donors (Lipinski definition) is 5. The first-order valence-corrected chi connectivity index (χ1v) is 7.73. The van der Waals surface area contributed by atoms with Gasteiger partial charge in [0.2, 0.25) is 0 Å². The number of aromatic nitrogens is 1. The minimum Gasteiger partial charge on any atom is -0.395 e. The number of aliphatic hydroxyl groups is 1. The number of amides is 1. The number of pyridine rings is 1. The minimum absolute atomic E-state index is 0.109. The van der Waals surface area contributed by atoms with Crippen LogP contribution < -0.4 is 10.6 Å². The summed E-state index contributed by atoms with van der Waals surface area (Å²) < 4.78 is 0. The summed E-state index contributed by atoms with van der Waals surface area (Å²) in [5.41, 5.74) is 1.66. The summed E-state index contributed by atoms with van der Waals surface area (Å²) in [7, 11) is 0. The predicted molar refractivity (Wildman–Crippen MR) is 91.4 cm³/mol. The van der Waals surface area contributed by atoms with Crippen LogP contribution in [0, 0.1) is 16.7 Å². The number of aliphatic hydroxyl groups excluding tert-OH is 1. The molecule has 5 N–H and O–H groups in total. The number of carbonyl (C=O) groups excluding carboxylic acids is 1. The molecule has 0 aromatic carbocycles. The summed E-state index contributed by atoms with van der Waals surface area (Å²) in [6.07, 6.45) is 2.81. The van der Waals surface area contributed by atoms with Crippen molar-refractivity contribution in [3.05, 3.63) is 24.0 Å². The molecule has 0 fully saturated rings. The van der Waals surface area contributed by atoms with Crippen molar-refractivity contribution in [3.8, 4) is 0 Å². The summed E-state index contributed by atoms with van der Waals surface area (Å²) in [5, 5.41) is 29.9. The molecule has 7 heteroatoms. The smallest absolute Gasteiger partial charge is 0.270 e. The van der Waals surface area contributed by atoms with Gasteiger partial charge in [-0.3, -0.25) is 15.2 Å². The van der Waals surface area contributed by atoms with Gasteiger partial charge in [-0.1, -0.05) is 13.8 Å². The molecule has 0 aliphatic carbocycles. The molecule has 1 amide bonds. The Bertz CT molecular complexity index is 542. The lowest BCUT2D eigenvalue weighted by Gasteiger charge is -2.13. The maximum Gasteiger partial charge on any atom is 0.270 e. The molecule has 1 aromatic heterocycles. The fraction of sp³-hybridized carbons (Fsp3) is 0.500. The van der Waals surface area contributed by atoms with Gasteiger partial charge in [0.25, 0.3) is 5.91 Å². The van der Waals surface area contributed by atoms with Crippen LogP contribution in [0.15, 0.2) is 18.3 Å². The van der Waals surface area contributed by atoms with Crippen LogP contribution in [0.25, 0.3) is 0 Å². The van der Waals surface area contributed by atoms with E-state index in [0.29, 0.717) is 24.4 Å². The zero-order valence-corrected chi connectivity index (χ0v) is 13.6. The molecule has 0 aliphatic heterocycles. The van der Waals surface area contributed by atoms with Crippen LogP contribution in [0.2, 0.25) is 0 Å². The number of nitrogens with one attached hydrogen (secondary N) is 4. The van der Waals surface area contributed by atoms with Crippen molar-refractivity contribution < 1.29 is 9.90 Å². The van der Waals surface area contributed by atoms with Crippen LogP contribution >= 0.6 is 0 Å². The lowest BCUT2D eigenvalue weighted by atomic mass is 9.97. The predicted octanol–water partition coefficient (Wildman–Crippen LogP) is 1.23. The molecule has 0 spiro atoms. The quantitative estimate of drug-likeness (QED) is 0.329. The highest BCUT2D eigenvalue weighted by Crippen LogP contribution is 2.09. The lowest BCUT2D eigenvalue weighted by molar-refractivity contribution is -0.110. The average molecular weight is 319 g/mol. The third-order valence-electron chi connectivity index (χ3n) is 3.51. The molecule has 1 atom stereocenters. The molecule has 1 unspecified atom stereocenters. The van der Waals surface area contributed by atoms with Gasteiger partial charge in [0.1, 0.15) is 5.71 Å². The van der Waals surface area contributed by atoms with Gasteiger partial charge in [0.05, 0.1) is 18.5 Å². The van der Waals surface area contributed by atoms with Crippen LogP contribution in [-0.4, -0.2) is 47.1 Å². The minimum atomic E-state index is -0.505. The summed E-state index contributed by atoms with van der Waals surface area (Å²) in [5.74, 6) is -0.986. The third kappa shape index (κ3) is 6.25. The molecule has 0 bridgehead atoms. The molecular weight excluding hydrogens is 294 g/mol. The summed E-state index contributed by atoms with van der Waals surface area (Å²) in [6, 6.07) is 3.56. The second-order valence-corrected chi connectivity index (χ2v) is 5.23. The first-order chi connectivity index (χ1) is 11.0. The Morgan fingerprint density at radius 1 is 1.35 bits per heavy atom. The number of hydrogen-bond acceptors (Lipinski definition) is 6. The fourth-order valence-electron chi connectivity index (χ4n) is 1.94. The SMILES string of the molecule is CCC(=N)C(C)C(=N)C(=O)Nc1ccc(CCNCCO)nc1. The van der Waals surface area contributed by atoms with Gasteiger partial charge in [0.15, 0.2) is 0 Å². The molecular formula is C16H25N5O2. The topological polar surface area (TPSA) is 122 Å². The number of carbonyl (C=O) groups is 1. The molecule has 23 heavy (non-hydrogen) atoms. The first-order valence-electron chi connectivity index (χ1n) is 7.73. The van der Waals surface area contributed by atoms with Gasteiger partial charge in [-0.25, -0.2) is 0 Å². The molecule has 0 radical (unpaired) electrons. The van der Waals surface area contributed by atoms with Crippen LogP contribution in [0.3, 0.4) is 0 Å². The molecule has 1 aromatic rings. The molecule has 1 rings (SSSR count). The second kappa shape index (κ2) is 9.81. The van der Waals surface area contributed by atoms with Crippen LogP contribution in [-0.2, 0) is 11.2 Å². The van der Waals surface area contributed by atoms with Crippen molar-refractivity contribution in [3.63, 3.8) is 0 Å². The fourth-order valence-corrected chi connectivity index (χ4v) is 1.94. The first kappa shape index (κ1) is 18.9. The van der Waals surface area contributed by atoms with E-state index in [-0.39, 0.29) is 12.3 Å². The van der Waals surface area contributed by atoms with Crippen molar-refractivity contribution in [2.45, 2.75) is 26.7 Å². The van der Waals surface area contributed by atoms with Gasteiger partial charge >= 0.3 is 0 Å². The summed E-state index contributed by atoms with van der Waals surface area (Å²) in [4.78, 5) is 16.3. The molecule has 1 heterocycles. The molecule has 0 saturated heterocycles. The van der Waals surface area contributed by atoms with E-state index < -0.39 is 11.8 Å². The van der Waals surface area contributed by atoms with Crippen LogP contribution in [0.1, 0.15) is 26.0 Å². The van der Waals surface area contributed by atoms with Crippen molar-refractivity contribution in [1.29, 1.82) is 10.8 Å². The van der Waals surface area contributed by atoms with E-state index in [1.807, 2.05) is 13.0 Å². The van der Waals surface area contributed by atoms with E-state index in [1.165, 1.54) is 0 Å². The van der Waals surface area contributed by atoms with E-state index in [2.05, 4.69) is 15.6 Å². The van der Waals surface area contributed by atoms with Gasteiger partial charge in [-0.2, -0.15) is 0 Å². The molecule has 7 nitrogen and oxygen atoms in total. The van der Waals surface area contributed by atoms with Crippen molar-refractivity contribution in [2.75, 3.05) is 25.0 Å². The Balaban J connectivity index is 2.52. The highest BCUT2D eigenvalue weighted by molar-refractivity contribution is 6.45. The van der Waals surface area contributed by atoms with E-state index in [0.717, 1.165) is 18.7 Å². The molecule has 0 saturated carbocycles. The normalized spacial score (nSPS) is 11.8. The largest absolute Gasteiger partial charge is 0.395 e. The number of anilines is 1. The van der Waals surface area contributed by atoms with Crippen molar-refractivity contribution in [2.24, 2.45) is 5.92 Å². The molecule has 126 valence electrons. The molecule has 0 aliphatic rings. The number of rotatable bonds is 10. The summed E-state index contributed by atoms with van der Waals surface area (Å²) >= 11 is 0. The zero-order chi connectivity index (χ0) is 17.2. The van der Waals surface area contributed by atoms with Crippen LogP contribution in [0.5, 0.6) is 0 Å². The maximum atomic E-state index is 12.0. The van der Waals surface area contributed by atoms with Gasteiger partial charge in [0, 0.05) is 36.8 Å². The Morgan fingerprint density at radius 3 is 2.65 bits per heavy atom. The standard InChI is InChI=1S/C16H25N5O2/c1-3-14(17)11(2)15(18)16(23)21-13-5-4-12(20-10-13)6-7-19-8-9-22/h4-5,10-11,17-19,22H,3,6-9H2,1-2H3,(H,21,23). The number of nitrogens with zero attached hydrogens (tertiary/aromatic N) is 1. The average Bonchev–Trinajstić information content (AvgIpc) is 2.58. The Morgan fingerprint density at radius 2 is 2.09 bits per heavy atom. The third-order valence-corrected chi connectivity index (χ3v) is 3.51. The van der Waals surface area contributed by atoms with E-state index >= 15 is 0 Å². The zero-order valence-electron chi connectivity index (χ0n) is 13.6. The summed E-state index contributed by atoms with van der Waals surface area (Å²) in [6.45, 7) is 4.91. The highest BCUT2D eigenvalue weighted by Gasteiger charge is 2.20. The van der Waals surface area contributed by atoms with Crippen molar-refractivity contribution >= 4 is 23.0 Å². The van der Waals surface area contributed by atoms with Gasteiger partial charge in [-0.05, 0) is 18.6 Å². The van der Waals surface area contributed by atoms with E-state index in [1.54, 1.807) is 19.2 Å². The van der Waals surface area contributed by atoms with Crippen molar-refractivity contribution in [1.82, 2.24) is 10.3 Å². The van der Waals surface area contributed by atoms with E-state index in [4.69, 9.17) is 15.9 Å². The maximum absolute atomic E-state index is 12.0. The van der Waals surface area contributed by atoms with Gasteiger partial charge < -0.3 is 21.1 Å². The Hall–Kier alpha value is -2.12.